The molecule has 1 aliphatic rings. The lowest BCUT2D eigenvalue weighted by Crippen LogP contribution is -2.34. The lowest BCUT2D eigenvalue weighted by Gasteiger charge is -2.20. The lowest BCUT2D eigenvalue weighted by molar-refractivity contribution is 0.0572. The highest BCUT2D eigenvalue weighted by Crippen LogP contribution is 2.26. The Kier molecular flexibility index (Phi) is 4.02. The number of rotatable bonds is 3. The summed E-state index contributed by atoms with van der Waals surface area (Å²) in [5.41, 5.74) is 0.558. The lowest BCUT2D eigenvalue weighted by atomic mass is 10.1. The monoisotopic (exact) mass is 282 g/mol. The Bertz CT molecular complexity index is 488. The van der Waals surface area contributed by atoms with Crippen molar-refractivity contribution in [3.63, 3.8) is 0 Å². The predicted molar refractivity (Wildman–Crippen MR) is 76.8 cm³/mol. The van der Waals surface area contributed by atoms with Gasteiger partial charge in [0.25, 0.3) is 5.91 Å². The van der Waals surface area contributed by atoms with Crippen LogP contribution >= 0.6 is 11.6 Å². The summed E-state index contributed by atoms with van der Waals surface area (Å²) in [5, 5.41) is 13.7. The maximum absolute atomic E-state index is 12.5. The summed E-state index contributed by atoms with van der Waals surface area (Å²) in [4.78, 5) is 14.2. The number of halogens is 1. The Morgan fingerprint density at radius 1 is 1.58 bits per heavy atom. The third-order valence-electron chi connectivity index (χ3n) is 3.32. The van der Waals surface area contributed by atoms with Crippen molar-refractivity contribution >= 4 is 23.2 Å². The van der Waals surface area contributed by atoms with Gasteiger partial charge in [-0.3, -0.25) is 4.79 Å². The quantitative estimate of drug-likeness (QED) is 0.895. The van der Waals surface area contributed by atoms with Crippen LogP contribution in [0.15, 0.2) is 18.2 Å². The molecule has 0 bridgehead atoms. The van der Waals surface area contributed by atoms with Crippen LogP contribution in [0.4, 0.5) is 5.69 Å². The van der Waals surface area contributed by atoms with Crippen molar-refractivity contribution in [1.29, 1.82) is 0 Å². The van der Waals surface area contributed by atoms with Crippen LogP contribution < -0.4 is 5.32 Å². The molecule has 0 aliphatic carbocycles. The van der Waals surface area contributed by atoms with Crippen molar-refractivity contribution in [3.05, 3.63) is 28.8 Å². The first kappa shape index (κ1) is 14.2. The normalized spacial score (nSPS) is 22.6. The molecule has 0 saturated carbocycles. The van der Waals surface area contributed by atoms with Gasteiger partial charge >= 0.3 is 0 Å². The van der Waals surface area contributed by atoms with E-state index in [1.54, 1.807) is 24.0 Å². The summed E-state index contributed by atoms with van der Waals surface area (Å²) < 4.78 is 0. The summed E-state index contributed by atoms with van der Waals surface area (Å²) in [6.45, 7) is 5.40. The van der Waals surface area contributed by atoms with Gasteiger partial charge in [-0.05, 0) is 38.5 Å². The second kappa shape index (κ2) is 5.39. The van der Waals surface area contributed by atoms with Crippen LogP contribution in [0.25, 0.3) is 0 Å². The highest BCUT2D eigenvalue weighted by molar-refractivity contribution is 6.31. The molecule has 0 spiro atoms. The molecular weight excluding hydrogens is 264 g/mol. The number of amides is 1. The number of benzene rings is 1. The Labute approximate surface area is 118 Å². The van der Waals surface area contributed by atoms with Gasteiger partial charge in [-0.2, -0.15) is 0 Å². The molecule has 1 aromatic carbocycles. The number of aliphatic hydroxyl groups is 1. The highest BCUT2D eigenvalue weighted by atomic mass is 35.5. The first-order valence-corrected chi connectivity index (χ1v) is 6.86. The van der Waals surface area contributed by atoms with E-state index < -0.39 is 5.60 Å². The average molecular weight is 283 g/mol. The molecule has 5 heteroatoms. The molecular formula is C14H19ClN2O2. The fraction of sp³-hybridized carbons (Fsp3) is 0.500. The predicted octanol–water partition coefficient (Wildman–Crippen LogP) is 2.37. The summed E-state index contributed by atoms with van der Waals surface area (Å²) in [6, 6.07) is 5.25. The number of nitrogens with zero attached hydrogens (tertiary/aromatic N) is 1. The molecule has 1 amide bonds. The summed E-state index contributed by atoms with van der Waals surface area (Å²) >= 11 is 5.98. The van der Waals surface area contributed by atoms with E-state index in [0.717, 1.165) is 12.2 Å². The third-order valence-corrected chi connectivity index (χ3v) is 3.55. The van der Waals surface area contributed by atoms with Crippen molar-refractivity contribution < 1.29 is 9.90 Å². The summed E-state index contributed by atoms with van der Waals surface area (Å²) in [5.74, 6) is -0.0868. The Morgan fingerprint density at radius 3 is 2.89 bits per heavy atom. The zero-order valence-electron chi connectivity index (χ0n) is 11.2. The molecule has 19 heavy (non-hydrogen) atoms. The van der Waals surface area contributed by atoms with Gasteiger partial charge in [0.05, 0.1) is 11.2 Å². The van der Waals surface area contributed by atoms with Crippen LogP contribution in [-0.2, 0) is 0 Å². The number of anilines is 1. The van der Waals surface area contributed by atoms with Gasteiger partial charge in [-0.15, -0.1) is 0 Å². The van der Waals surface area contributed by atoms with Gasteiger partial charge in [-0.1, -0.05) is 11.6 Å². The van der Waals surface area contributed by atoms with Crippen LogP contribution in [0.5, 0.6) is 0 Å². The molecule has 2 N–H and O–H groups in total. The minimum Gasteiger partial charge on any atom is -0.388 e. The van der Waals surface area contributed by atoms with Gasteiger partial charge < -0.3 is 15.3 Å². The Morgan fingerprint density at radius 2 is 2.32 bits per heavy atom. The number of carbonyl (C=O) groups is 1. The molecule has 104 valence electrons. The van der Waals surface area contributed by atoms with Crippen LogP contribution in [0, 0.1) is 0 Å². The van der Waals surface area contributed by atoms with Gasteiger partial charge in [0.15, 0.2) is 0 Å². The van der Waals surface area contributed by atoms with E-state index in [2.05, 4.69) is 5.32 Å². The molecule has 1 atom stereocenters. The maximum atomic E-state index is 12.5. The highest BCUT2D eigenvalue weighted by Gasteiger charge is 2.34. The fourth-order valence-electron chi connectivity index (χ4n) is 2.33. The van der Waals surface area contributed by atoms with Gasteiger partial charge in [-0.25, -0.2) is 0 Å². The molecule has 1 unspecified atom stereocenters. The molecule has 1 aromatic rings. The number of nitrogens with one attached hydrogen (secondary N) is 1. The van der Waals surface area contributed by atoms with Crippen LogP contribution in [-0.4, -0.2) is 41.1 Å². The number of carbonyl (C=O) groups excluding carboxylic acids is 1. The first-order chi connectivity index (χ1) is 8.93. The third kappa shape index (κ3) is 3.19. The summed E-state index contributed by atoms with van der Waals surface area (Å²) in [6.07, 6.45) is 0.607. The Hall–Kier alpha value is -1.26. The van der Waals surface area contributed by atoms with E-state index >= 15 is 0 Å². The van der Waals surface area contributed by atoms with Crippen molar-refractivity contribution in [2.45, 2.75) is 25.9 Å². The molecule has 0 radical (unpaired) electrons. The topological polar surface area (TPSA) is 52.6 Å². The molecule has 2 rings (SSSR count). The van der Waals surface area contributed by atoms with E-state index in [1.165, 1.54) is 0 Å². The van der Waals surface area contributed by atoms with Gasteiger partial charge in [0.2, 0.25) is 0 Å². The largest absolute Gasteiger partial charge is 0.388 e. The minimum absolute atomic E-state index is 0.0868. The second-order valence-corrected chi connectivity index (χ2v) is 5.63. The van der Waals surface area contributed by atoms with E-state index in [1.807, 2.05) is 13.0 Å². The standard InChI is InChI=1S/C14H19ClN2O2/c1-3-16-12-5-4-10(15)8-11(12)13(18)17-7-6-14(2,19)9-17/h4-5,8,16,19H,3,6-7,9H2,1-2H3. The molecule has 1 heterocycles. The first-order valence-electron chi connectivity index (χ1n) is 6.48. The second-order valence-electron chi connectivity index (χ2n) is 5.19. The number of hydrogen-bond acceptors (Lipinski definition) is 3. The number of hydrogen-bond donors (Lipinski definition) is 2. The Balaban J connectivity index is 2.25. The minimum atomic E-state index is -0.785. The number of likely N-dealkylation sites (tertiary alicyclic amines) is 1. The molecule has 1 aliphatic heterocycles. The van der Waals surface area contributed by atoms with Crippen LogP contribution in [0.3, 0.4) is 0 Å². The van der Waals surface area contributed by atoms with Crippen molar-refractivity contribution in [3.8, 4) is 0 Å². The van der Waals surface area contributed by atoms with Crippen LogP contribution in [0.1, 0.15) is 30.6 Å². The average Bonchev–Trinajstić information content (AvgIpc) is 2.71. The fourth-order valence-corrected chi connectivity index (χ4v) is 2.50. The van der Waals surface area contributed by atoms with E-state index in [0.29, 0.717) is 30.1 Å². The SMILES string of the molecule is CCNc1ccc(Cl)cc1C(=O)N1CCC(C)(O)C1. The van der Waals surface area contributed by atoms with Gasteiger partial charge in [0, 0.05) is 30.3 Å². The zero-order valence-corrected chi connectivity index (χ0v) is 12.0. The van der Waals surface area contributed by atoms with Gasteiger partial charge in [0.1, 0.15) is 0 Å². The van der Waals surface area contributed by atoms with E-state index in [9.17, 15) is 9.90 Å². The molecule has 0 aromatic heterocycles. The zero-order chi connectivity index (χ0) is 14.0. The van der Waals surface area contributed by atoms with Crippen molar-refractivity contribution in [1.82, 2.24) is 4.90 Å². The number of β-amino-alcohol motifs (C(OH)–C–C–N with tert-alkyl or cyclic N) is 1. The van der Waals surface area contributed by atoms with Crippen LogP contribution in [0.2, 0.25) is 5.02 Å². The van der Waals surface area contributed by atoms with E-state index in [4.69, 9.17) is 11.6 Å². The molecule has 1 saturated heterocycles. The van der Waals surface area contributed by atoms with E-state index in [-0.39, 0.29) is 5.91 Å². The smallest absolute Gasteiger partial charge is 0.256 e. The van der Waals surface area contributed by atoms with Crippen molar-refractivity contribution in [2.75, 3.05) is 25.0 Å². The molecule has 4 nitrogen and oxygen atoms in total. The van der Waals surface area contributed by atoms with Crippen molar-refractivity contribution in [2.24, 2.45) is 0 Å². The maximum Gasteiger partial charge on any atom is 0.256 e. The molecule has 1 fully saturated rings. The summed E-state index contributed by atoms with van der Waals surface area (Å²) in [7, 11) is 0.